The van der Waals surface area contributed by atoms with Gasteiger partial charge in [-0.15, -0.1) is 0 Å². The molecule has 1 aromatic rings. The number of benzene rings is 1. The van der Waals surface area contributed by atoms with Gasteiger partial charge in [0, 0.05) is 6.42 Å². The lowest BCUT2D eigenvalue weighted by atomic mass is 10.0. The molecule has 1 aromatic carbocycles. The summed E-state index contributed by atoms with van der Waals surface area (Å²) in [5.41, 5.74) is 3.88. The van der Waals surface area contributed by atoms with Crippen molar-refractivity contribution in [3.63, 3.8) is 0 Å². The Bertz CT molecular complexity index is 322. The number of aliphatic carboxylic acids is 1. The van der Waals surface area contributed by atoms with Crippen molar-refractivity contribution in [2.75, 3.05) is 0 Å². The Labute approximate surface area is 90.9 Å². The maximum atomic E-state index is 10.3. The lowest BCUT2D eigenvalue weighted by molar-refractivity contribution is -0.137. The van der Waals surface area contributed by atoms with Gasteiger partial charge in [0.15, 0.2) is 0 Å². The summed E-state index contributed by atoms with van der Waals surface area (Å²) in [4.78, 5) is 10.3. The zero-order chi connectivity index (χ0) is 11.3. The Hall–Kier alpha value is -1.31. The molecule has 0 saturated carbocycles. The van der Waals surface area contributed by atoms with E-state index in [2.05, 4.69) is 32.0 Å². The number of carboxylic acids is 1. The topological polar surface area (TPSA) is 37.3 Å². The van der Waals surface area contributed by atoms with Gasteiger partial charge in [0.05, 0.1) is 0 Å². The zero-order valence-electron chi connectivity index (χ0n) is 9.42. The summed E-state index contributed by atoms with van der Waals surface area (Å²) in [6.07, 6.45) is 2.98. The van der Waals surface area contributed by atoms with Crippen LogP contribution in [0, 0.1) is 13.8 Å². The number of carbonyl (C=O) groups is 1. The third-order valence-corrected chi connectivity index (χ3v) is 2.39. The van der Waals surface area contributed by atoms with E-state index >= 15 is 0 Å². The van der Waals surface area contributed by atoms with Crippen molar-refractivity contribution >= 4 is 5.97 Å². The fourth-order valence-corrected chi connectivity index (χ4v) is 1.82. The average molecular weight is 206 g/mol. The van der Waals surface area contributed by atoms with E-state index in [0.29, 0.717) is 0 Å². The van der Waals surface area contributed by atoms with Crippen LogP contribution < -0.4 is 0 Å². The maximum absolute atomic E-state index is 10.3. The predicted octanol–water partition coefficient (Wildman–Crippen LogP) is 3.10. The molecular weight excluding hydrogens is 188 g/mol. The van der Waals surface area contributed by atoms with Crippen LogP contribution in [0.4, 0.5) is 0 Å². The van der Waals surface area contributed by atoms with E-state index in [1.165, 1.54) is 16.7 Å². The third kappa shape index (κ3) is 4.63. The first kappa shape index (κ1) is 11.8. The first-order valence-corrected chi connectivity index (χ1v) is 5.37. The van der Waals surface area contributed by atoms with Crippen LogP contribution >= 0.6 is 0 Å². The molecule has 0 atom stereocenters. The lowest BCUT2D eigenvalue weighted by Crippen LogP contribution is -1.95. The van der Waals surface area contributed by atoms with E-state index in [0.717, 1.165) is 19.3 Å². The molecule has 0 spiro atoms. The number of rotatable bonds is 5. The van der Waals surface area contributed by atoms with Gasteiger partial charge in [-0.1, -0.05) is 29.3 Å². The van der Waals surface area contributed by atoms with Gasteiger partial charge < -0.3 is 5.11 Å². The Morgan fingerprint density at radius 3 is 2.27 bits per heavy atom. The van der Waals surface area contributed by atoms with Crippen LogP contribution in [0.25, 0.3) is 0 Å². The highest BCUT2D eigenvalue weighted by Gasteiger charge is 1.99. The van der Waals surface area contributed by atoms with Crippen molar-refractivity contribution in [2.45, 2.75) is 39.5 Å². The molecule has 15 heavy (non-hydrogen) atoms. The first-order chi connectivity index (χ1) is 7.08. The molecule has 2 nitrogen and oxygen atoms in total. The minimum atomic E-state index is -0.699. The Morgan fingerprint density at radius 2 is 1.73 bits per heavy atom. The first-order valence-electron chi connectivity index (χ1n) is 5.37. The molecule has 0 fully saturated rings. The number of carboxylic acid groups (broad SMARTS) is 1. The van der Waals surface area contributed by atoms with Crippen LogP contribution in [0.1, 0.15) is 36.0 Å². The molecule has 2 heteroatoms. The van der Waals surface area contributed by atoms with Crippen LogP contribution in [0.3, 0.4) is 0 Å². The fourth-order valence-electron chi connectivity index (χ4n) is 1.82. The second-order valence-corrected chi connectivity index (χ2v) is 4.10. The molecule has 0 radical (unpaired) electrons. The number of unbranched alkanes of at least 4 members (excludes halogenated alkanes) is 1. The summed E-state index contributed by atoms with van der Waals surface area (Å²) in [5, 5.41) is 8.50. The van der Waals surface area contributed by atoms with E-state index in [1.807, 2.05) is 0 Å². The van der Waals surface area contributed by atoms with Gasteiger partial charge in [-0.05, 0) is 38.7 Å². The second-order valence-electron chi connectivity index (χ2n) is 4.10. The van der Waals surface area contributed by atoms with Gasteiger partial charge in [0.2, 0.25) is 0 Å². The summed E-state index contributed by atoms with van der Waals surface area (Å²) in [6, 6.07) is 6.50. The number of hydrogen-bond acceptors (Lipinski definition) is 1. The Balaban J connectivity index is 2.40. The smallest absolute Gasteiger partial charge is 0.303 e. The third-order valence-electron chi connectivity index (χ3n) is 2.39. The molecule has 0 aromatic heterocycles. The predicted molar refractivity (Wildman–Crippen MR) is 61.1 cm³/mol. The normalized spacial score (nSPS) is 10.3. The van der Waals surface area contributed by atoms with Crippen molar-refractivity contribution in [1.29, 1.82) is 0 Å². The summed E-state index contributed by atoms with van der Waals surface area (Å²) in [7, 11) is 0. The molecule has 0 bridgehead atoms. The summed E-state index contributed by atoms with van der Waals surface area (Å²) in [6.45, 7) is 4.18. The largest absolute Gasteiger partial charge is 0.481 e. The summed E-state index contributed by atoms with van der Waals surface area (Å²) >= 11 is 0. The molecule has 0 aliphatic heterocycles. The molecule has 0 aliphatic carbocycles. The minimum absolute atomic E-state index is 0.283. The molecule has 0 unspecified atom stereocenters. The Kier molecular flexibility index (Phi) is 4.35. The molecule has 0 aliphatic rings. The minimum Gasteiger partial charge on any atom is -0.481 e. The van der Waals surface area contributed by atoms with E-state index in [-0.39, 0.29) is 6.42 Å². The molecule has 0 amide bonds. The fraction of sp³-hybridized carbons (Fsp3) is 0.462. The quantitative estimate of drug-likeness (QED) is 0.752. The van der Waals surface area contributed by atoms with Gasteiger partial charge in [-0.25, -0.2) is 0 Å². The molecule has 0 saturated heterocycles. The number of aryl methyl sites for hydroxylation is 3. The average Bonchev–Trinajstić information content (AvgIpc) is 2.10. The zero-order valence-corrected chi connectivity index (χ0v) is 9.42. The van der Waals surface area contributed by atoms with Gasteiger partial charge >= 0.3 is 5.97 Å². The van der Waals surface area contributed by atoms with Crippen molar-refractivity contribution in [3.05, 3.63) is 34.9 Å². The van der Waals surface area contributed by atoms with Crippen LogP contribution in [-0.4, -0.2) is 11.1 Å². The molecule has 82 valence electrons. The van der Waals surface area contributed by atoms with Gasteiger partial charge in [0.25, 0.3) is 0 Å². The van der Waals surface area contributed by atoms with E-state index in [9.17, 15) is 4.79 Å². The van der Waals surface area contributed by atoms with E-state index in [1.54, 1.807) is 0 Å². The van der Waals surface area contributed by atoms with Crippen molar-refractivity contribution < 1.29 is 9.90 Å². The highest BCUT2D eigenvalue weighted by atomic mass is 16.4. The summed E-state index contributed by atoms with van der Waals surface area (Å²) < 4.78 is 0. The van der Waals surface area contributed by atoms with Crippen LogP contribution in [-0.2, 0) is 11.2 Å². The highest BCUT2D eigenvalue weighted by Crippen LogP contribution is 2.12. The lowest BCUT2D eigenvalue weighted by Gasteiger charge is -2.04. The number of hydrogen-bond donors (Lipinski definition) is 1. The Morgan fingerprint density at radius 1 is 1.13 bits per heavy atom. The van der Waals surface area contributed by atoms with Gasteiger partial charge in [-0.3, -0.25) is 4.79 Å². The monoisotopic (exact) mass is 206 g/mol. The van der Waals surface area contributed by atoms with Gasteiger partial charge in [-0.2, -0.15) is 0 Å². The maximum Gasteiger partial charge on any atom is 0.303 e. The second kappa shape index (κ2) is 5.54. The van der Waals surface area contributed by atoms with Gasteiger partial charge in [0.1, 0.15) is 0 Å². The van der Waals surface area contributed by atoms with Crippen LogP contribution in [0.15, 0.2) is 18.2 Å². The van der Waals surface area contributed by atoms with E-state index < -0.39 is 5.97 Å². The SMILES string of the molecule is Cc1cc(C)cc(CCCCC(=O)O)c1. The standard InChI is InChI=1S/C13H18O2/c1-10-7-11(2)9-12(8-10)5-3-4-6-13(14)15/h7-9H,3-6H2,1-2H3,(H,14,15). The van der Waals surface area contributed by atoms with E-state index in [4.69, 9.17) is 5.11 Å². The van der Waals surface area contributed by atoms with Crippen molar-refractivity contribution in [3.8, 4) is 0 Å². The van der Waals surface area contributed by atoms with Crippen molar-refractivity contribution in [2.24, 2.45) is 0 Å². The van der Waals surface area contributed by atoms with Crippen molar-refractivity contribution in [1.82, 2.24) is 0 Å². The molecular formula is C13H18O2. The molecule has 0 heterocycles. The molecule has 1 N–H and O–H groups in total. The van der Waals surface area contributed by atoms with Crippen LogP contribution in [0.5, 0.6) is 0 Å². The summed E-state index contributed by atoms with van der Waals surface area (Å²) in [5.74, 6) is -0.699. The molecule has 1 rings (SSSR count). The van der Waals surface area contributed by atoms with Crippen LogP contribution in [0.2, 0.25) is 0 Å². The highest BCUT2D eigenvalue weighted by molar-refractivity contribution is 5.66.